The zero-order chi connectivity index (χ0) is 9.52. The number of hydrogen-bond acceptors (Lipinski definition) is 3. The SMILES string of the molecule is CC(I)OCCCN1CCOCC1. The predicted molar refractivity (Wildman–Crippen MR) is 61.3 cm³/mol. The molecule has 1 rings (SSSR count). The molecule has 0 spiro atoms. The van der Waals surface area contributed by atoms with Crippen LogP contribution in [0.5, 0.6) is 0 Å². The molecule has 0 radical (unpaired) electrons. The molecule has 0 aromatic heterocycles. The molecule has 0 aromatic carbocycles. The van der Waals surface area contributed by atoms with Gasteiger partial charge in [0.2, 0.25) is 0 Å². The van der Waals surface area contributed by atoms with Crippen LogP contribution < -0.4 is 0 Å². The standard InChI is InChI=1S/C9H18INO2/c1-9(10)13-6-2-3-11-4-7-12-8-5-11/h9H,2-8H2,1H3. The maximum Gasteiger partial charge on any atom is 0.106 e. The van der Waals surface area contributed by atoms with Gasteiger partial charge in [-0.3, -0.25) is 4.90 Å². The first kappa shape index (κ1) is 11.7. The van der Waals surface area contributed by atoms with Gasteiger partial charge in [0.25, 0.3) is 0 Å². The topological polar surface area (TPSA) is 21.7 Å². The van der Waals surface area contributed by atoms with Crippen molar-refractivity contribution in [3.05, 3.63) is 0 Å². The fourth-order valence-electron chi connectivity index (χ4n) is 1.36. The van der Waals surface area contributed by atoms with Crippen molar-refractivity contribution in [3.8, 4) is 0 Å². The lowest BCUT2D eigenvalue weighted by atomic mass is 10.3. The van der Waals surface area contributed by atoms with Gasteiger partial charge in [0.1, 0.15) is 4.11 Å². The highest BCUT2D eigenvalue weighted by Gasteiger charge is 2.09. The predicted octanol–water partition coefficient (Wildman–Crippen LogP) is 1.51. The van der Waals surface area contributed by atoms with Crippen LogP contribution in [0.2, 0.25) is 0 Å². The quantitative estimate of drug-likeness (QED) is 0.436. The minimum Gasteiger partial charge on any atom is -0.379 e. The Morgan fingerprint density at radius 1 is 1.46 bits per heavy atom. The van der Waals surface area contributed by atoms with Crippen molar-refractivity contribution in [1.29, 1.82) is 0 Å². The molecule has 0 N–H and O–H groups in total. The number of halogens is 1. The molecule has 0 aromatic rings. The summed E-state index contributed by atoms with van der Waals surface area (Å²) >= 11 is 2.28. The van der Waals surface area contributed by atoms with Crippen LogP contribution in [0.1, 0.15) is 13.3 Å². The highest BCUT2D eigenvalue weighted by Crippen LogP contribution is 2.02. The van der Waals surface area contributed by atoms with Crippen molar-refractivity contribution in [3.63, 3.8) is 0 Å². The lowest BCUT2D eigenvalue weighted by Gasteiger charge is -2.26. The van der Waals surface area contributed by atoms with E-state index < -0.39 is 0 Å². The van der Waals surface area contributed by atoms with Crippen molar-refractivity contribution in [2.75, 3.05) is 39.5 Å². The van der Waals surface area contributed by atoms with Gasteiger partial charge in [0.05, 0.1) is 13.2 Å². The third-order valence-corrected chi connectivity index (χ3v) is 2.43. The molecular weight excluding hydrogens is 281 g/mol. The van der Waals surface area contributed by atoms with Crippen LogP contribution in [0.15, 0.2) is 0 Å². The molecule has 0 aliphatic carbocycles. The molecule has 3 nitrogen and oxygen atoms in total. The van der Waals surface area contributed by atoms with Gasteiger partial charge in [-0.2, -0.15) is 0 Å². The van der Waals surface area contributed by atoms with Gasteiger partial charge in [-0.05, 0) is 13.3 Å². The molecule has 1 unspecified atom stereocenters. The van der Waals surface area contributed by atoms with E-state index in [4.69, 9.17) is 9.47 Å². The average molecular weight is 299 g/mol. The van der Waals surface area contributed by atoms with Crippen LogP contribution in [0.3, 0.4) is 0 Å². The Bertz CT molecular complexity index is 127. The molecule has 1 atom stereocenters. The van der Waals surface area contributed by atoms with E-state index in [9.17, 15) is 0 Å². The molecule has 0 amide bonds. The van der Waals surface area contributed by atoms with E-state index >= 15 is 0 Å². The summed E-state index contributed by atoms with van der Waals surface area (Å²) < 4.78 is 11.1. The molecule has 13 heavy (non-hydrogen) atoms. The molecule has 0 saturated carbocycles. The molecule has 0 bridgehead atoms. The van der Waals surface area contributed by atoms with Crippen LogP contribution >= 0.6 is 22.6 Å². The van der Waals surface area contributed by atoms with Crippen molar-refractivity contribution in [2.24, 2.45) is 0 Å². The van der Waals surface area contributed by atoms with Gasteiger partial charge in [-0.1, -0.05) is 22.6 Å². The summed E-state index contributed by atoms with van der Waals surface area (Å²) in [7, 11) is 0. The molecule has 1 saturated heterocycles. The Labute approximate surface area is 93.9 Å². The summed E-state index contributed by atoms with van der Waals surface area (Å²) in [6, 6.07) is 0. The van der Waals surface area contributed by atoms with Crippen LogP contribution in [0.25, 0.3) is 0 Å². The lowest BCUT2D eigenvalue weighted by Crippen LogP contribution is -2.37. The molecular formula is C9H18INO2. The summed E-state index contributed by atoms with van der Waals surface area (Å²) in [6.07, 6.45) is 1.13. The second kappa shape index (κ2) is 6.98. The van der Waals surface area contributed by atoms with E-state index in [2.05, 4.69) is 34.4 Å². The van der Waals surface area contributed by atoms with Crippen LogP contribution in [-0.4, -0.2) is 48.5 Å². The summed E-state index contributed by atoms with van der Waals surface area (Å²) in [5.74, 6) is 0. The lowest BCUT2D eigenvalue weighted by molar-refractivity contribution is 0.0319. The zero-order valence-corrected chi connectivity index (χ0v) is 10.3. The first-order valence-electron chi connectivity index (χ1n) is 4.85. The largest absolute Gasteiger partial charge is 0.379 e. The molecule has 1 fully saturated rings. The monoisotopic (exact) mass is 299 g/mol. The van der Waals surface area contributed by atoms with Crippen molar-refractivity contribution in [1.82, 2.24) is 4.90 Å². The smallest absolute Gasteiger partial charge is 0.106 e. The van der Waals surface area contributed by atoms with Crippen molar-refractivity contribution >= 4 is 22.6 Å². The summed E-state index contributed by atoms with van der Waals surface area (Å²) in [6.45, 7) is 8.04. The molecule has 1 heterocycles. The number of rotatable bonds is 5. The van der Waals surface area contributed by atoms with E-state index in [0.29, 0.717) is 4.11 Å². The van der Waals surface area contributed by atoms with Crippen LogP contribution in [0, 0.1) is 0 Å². The molecule has 78 valence electrons. The Morgan fingerprint density at radius 3 is 2.77 bits per heavy atom. The van der Waals surface area contributed by atoms with E-state index in [1.54, 1.807) is 0 Å². The fraction of sp³-hybridized carbons (Fsp3) is 1.00. The summed E-state index contributed by atoms with van der Waals surface area (Å²) in [5, 5.41) is 0. The fourth-order valence-corrected chi connectivity index (χ4v) is 1.61. The summed E-state index contributed by atoms with van der Waals surface area (Å²) in [4.78, 5) is 2.44. The number of ether oxygens (including phenoxy) is 2. The second-order valence-electron chi connectivity index (χ2n) is 3.22. The number of nitrogens with zero attached hydrogens (tertiary/aromatic N) is 1. The second-order valence-corrected chi connectivity index (χ2v) is 4.98. The number of morpholine rings is 1. The maximum absolute atomic E-state index is 5.46. The minimum absolute atomic E-state index is 0.335. The van der Waals surface area contributed by atoms with Crippen molar-refractivity contribution < 1.29 is 9.47 Å². The Kier molecular flexibility index (Phi) is 6.27. The van der Waals surface area contributed by atoms with Crippen molar-refractivity contribution in [2.45, 2.75) is 17.5 Å². The number of alkyl halides is 1. The third kappa shape index (κ3) is 5.83. The average Bonchev–Trinajstić information content (AvgIpc) is 2.14. The first-order chi connectivity index (χ1) is 6.29. The van der Waals surface area contributed by atoms with Gasteiger partial charge in [0, 0.05) is 26.2 Å². The third-order valence-electron chi connectivity index (χ3n) is 2.07. The molecule has 4 heteroatoms. The Morgan fingerprint density at radius 2 is 2.15 bits per heavy atom. The highest BCUT2D eigenvalue weighted by atomic mass is 127. The minimum atomic E-state index is 0.335. The van der Waals surface area contributed by atoms with E-state index in [0.717, 1.165) is 45.9 Å². The number of hydrogen-bond donors (Lipinski definition) is 0. The molecule has 1 aliphatic rings. The van der Waals surface area contributed by atoms with E-state index in [1.807, 2.05) is 0 Å². The van der Waals surface area contributed by atoms with Gasteiger partial charge in [-0.15, -0.1) is 0 Å². The van der Waals surface area contributed by atoms with E-state index in [-0.39, 0.29) is 0 Å². The Balaban J connectivity index is 1.92. The Hall–Kier alpha value is 0.610. The molecule has 1 aliphatic heterocycles. The maximum atomic E-state index is 5.46. The van der Waals surface area contributed by atoms with Gasteiger partial charge < -0.3 is 9.47 Å². The first-order valence-corrected chi connectivity index (χ1v) is 6.09. The zero-order valence-electron chi connectivity index (χ0n) is 8.17. The van der Waals surface area contributed by atoms with Gasteiger partial charge in [-0.25, -0.2) is 0 Å². The van der Waals surface area contributed by atoms with Gasteiger partial charge in [0.15, 0.2) is 0 Å². The highest BCUT2D eigenvalue weighted by molar-refractivity contribution is 14.1. The van der Waals surface area contributed by atoms with Gasteiger partial charge >= 0.3 is 0 Å². The van der Waals surface area contributed by atoms with E-state index in [1.165, 1.54) is 0 Å². The summed E-state index contributed by atoms with van der Waals surface area (Å²) in [5.41, 5.74) is 0. The van der Waals surface area contributed by atoms with Crippen LogP contribution in [0.4, 0.5) is 0 Å². The normalized spacial score (nSPS) is 21.7. The van der Waals surface area contributed by atoms with Crippen LogP contribution in [-0.2, 0) is 9.47 Å².